The Hall–Kier alpha value is -1.72. The first-order chi connectivity index (χ1) is 8.67. The molecule has 0 atom stereocenters. The van der Waals surface area contributed by atoms with Gasteiger partial charge < -0.3 is 9.84 Å². The average Bonchev–Trinajstić information content (AvgIpc) is 2.73. The molecule has 0 aliphatic carbocycles. The highest BCUT2D eigenvalue weighted by Gasteiger charge is 2.14. The van der Waals surface area contributed by atoms with Gasteiger partial charge in [-0.25, -0.2) is 4.68 Å². The maximum absolute atomic E-state index is 9.25. The van der Waals surface area contributed by atoms with Crippen LogP contribution in [0.25, 0.3) is 5.69 Å². The van der Waals surface area contributed by atoms with E-state index in [0.29, 0.717) is 12.3 Å². The number of aryl methyl sites for hydroxylation is 2. The van der Waals surface area contributed by atoms with Crippen LogP contribution in [-0.4, -0.2) is 27.2 Å². The van der Waals surface area contributed by atoms with E-state index >= 15 is 0 Å². The van der Waals surface area contributed by atoms with Crippen LogP contribution in [0.2, 0.25) is 0 Å². The van der Waals surface area contributed by atoms with Crippen LogP contribution in [0.1, 0.15) is 22.5 Å². The number of aliphatic hydroxyl groups excluding tert-OH is 1. The van der Waals surface area contributed by atoms with Crippen LogP contribution in [-0.2, 0) is 18.0 Å². The highest BCUT2D eigenvalue weighted by molar-refractivity contribution is 5.43. The number of ether oxygens (including phenoxy) is 1. The SMILES string of the molecule is COCc1c(CO)nnn1-c1ccc(C)cc1C. The molecule has 0 unspecified atom stereocenters. The molecule has 0 spiro atoms. The molecule has 0 aliphatic heterocycles. The lowest BCUT2D eigenvalue weighted by Crippen LogP contribution is -2.06. The number of nitrogens with zero attached hydrogens (tertiary/aromatic N) is 3. The molecule has 0 saturated carbocycles. The predicted molar refractivity (Wildman–Crippen MR) is 67.5 cm³/mol. The molecule has 0 amide bonds. The maximum atomic E-state index is 9.25. The molecule has 0 saturated heterocycles. The Balaban J connectivity index is 2.52. The summed E-state index contributed by atoms with van der Waals surface area (Å²) in [7, 11) is 1.61. The second-order valence-electron chi connectivity index (χ2n) is 4.28. The molecule has 0 fully saturated rings. The van der Waals surface area contributed by atoms with Gasteiger partial charge >= 0.3 is 0 Å². The summed E-state index contributed by atoms with van der Waals surface area (Å²) in [5, 5.41) is 17.3. The Morgan fingerprint density at radius 2 is 2.11 bits per heavy atom. The number of hydrogen-bond acceptors (Lipinski definition) is 4. The number of hydrogen-bond donors (Lipinski definition) is 1. The van der Waals surface area contributed by atoms with Gasteiger partial charge in [0.15, 0.2) is 0 Å². The molecule has 96 valence electrons. The van der Waals surface area contributed by atoms with Gasteiger partial charge in [0.2, 0.25) is 0 Å². The highest BCUT2D eigenvalue weighted by Crippen LogP contribution is 2.18. The van der Waals surface area contributed by atoms with Gasteiger partial charge in [-0.15, -0.1) is 5.10 Å². The molecule has 0 bridgehead atoms. The molecule has 0 aliphatic rings. The molecule has 1 heterocycles. The topological polar surface area (TPSA) is 60.2 Å². The Kier molecular flexibility index (Phi) is 3.74. The van der Waals surface area contributed by atoms with E-state index in [-0.39, 0.29) is 6.61 Å². The molecule has 2 rings (SSSR count). The van der Waals surface area contributed by atoms with Gasteiger partial charge in [0.1, 0.15) is 5.69 Å². The Morgan fingerprint density at radius 1 is 1.33 bits per heavy atom. The standard InChI is InChI=1S/C13H17N3O2/c1-9-4-5-12(10(2)6-9)16-13(8-18-3)11(7-17)14-15-16/h4-6,17H,7-8H2,1-3H3. The summed E-state index contributed by atoms with van der Waals surface area (Å²) in [5.41, 5.74) is 4.61. The minimum atomic E-state index is -0.135. The van der Waals surface area contributed by atoms with Crippen LogP contribution in [0.3, 0.4) is 0 Å². The fraction of sp³-hybridized carbons (Fsp3) is 0.385. The van der Waals surface area contributed by atoms with Crippen LogP contribution in [0.5, 0.6) is 0 Å². The van der Waals surface area contributed by atoms with Crippen LogP contribution < -0.4 is 0 Å². The van der Waals surface area contributed by atoms with E-state index in [1.807, 2.05) is 26.0 Å². The summed E-state index contributed by atoms with van der Waals surface area (Å²) in [6, 6.07) is 6.12. The summed E-state index contributed by atoms with van der Waals surface area (Å²) >= 11 is 0. The fourth-order valence-corrected chi connectivity index (χ4v) is 1.97. The molecular formula is C13H17N3O2. The van der Waals surface area contributed by atoms with Gasteiger partial charge in [0, 0.05) is 7.11 Å². The lowest BCUT2D eigenvalue weighted by Gasteiger charge is -2.10. The Labute approximate surface area is 106 Å². The summed E-state index contributed by atoms with van der Waals surface area (Å²) in [5.74, 6) is 0. The first-order valence-corrected chi connectivity index (χ1v) is 5.78. The van der Waals surface area contributed by atoms with E-state index in [1.165, 1.54) is 5.56 Å². The van der Waals surface area contributed by atoms with E-state index in [1.54, 1.807) is 11.8 Å². The zero-order valence-electron chi connectivity index (χ0n) is 10.8. The maximum Gasteiger partial charge on any atom is 0.114 e. The zero-order chi connectivity index (χ0) is 13.1. The predicted octanol–water partition coefficient (Wildman–Crippen LogP) is 1.52. The van der Waals surface area contributed by atoms with Crippen molar-refractivity contribution in [3.05, 3.63) is 40.7 Å². The summed E-state index contributed by atoms with van der Waals surface area (Å²) in [6.45, 7) is 4.31. The molecule has 5 nitrogen and oxygen atoms in total. The molecule has 18 heavy (non-hydrogen) atoms. The summed E-state index contributed by atoms with van der Waals surface area (Å²) < 4.78 is 6.87. The minimum absolute atomic E-state index is 0.135. The van der Waals surface area contributed by atoms with Crippen molar-refractivity contribution >= 4 is 0 Å². The minimum Gasteiger partial charge on any atom is -0.390 e. The van der Waals surface area contributed by atoms with Gasteiger partial charge in [-0.3, -0.25) is 0 Å². The third-order valence-corrected chi connectivity index (χ3v) is 2.85. The zero-order valence-corrected chi connectivity index (χ0v) is 10.8. The number of aromatic nitrogens is 3. The lowest BCUT2D eigenvalue weighted by molar-refractivity contribution is 0.175. The van der Waals surface area contributed by atoms with E-state index in [0.717, 1.165) is 16.9 Å². The van der Waals surface area contributed by atoms with Crippen molar-refractivity contribution in [2.45, 2.75) is 27.1 Å². The second-order valence-corrected chi connectivity index (χ2v) is 4.28. The van der Waals surface area contributed by atoms with Crippen LogP contribution in [0, 0.1) is 13.8 Å². The Bertz CT molecular complexity index is 549. The van der Waals surface area contributed by atoms with Gasteiger partial charge in [-0.05, 0) is 25.5 Å². The van der Waals surface area contributed by atoms with Gasteiger partial charge in [-0.2, -0.15) is 0 Å². The average molecular weight is 247 g/mol. The molecule has 1 aromatic carbocycles. The lowest BCUT2D eigenvalue weighted by atomic mass is 10.1. The highest BCUT2D eigenvalue weighted by atomic mass is 16.5. The number of benzene rings is 1. The summed E-state index contributed by atoms with van der Waals surface area (Å²) in [4.78, 5) is 0. The molecule has 2 aromatic rings. The van der Waals surface area contributed by atoms with E-state index in [9.17, 15) is 5.11 Å². The van der Waals surface area contributed by atoms with Crippen molar-refractivity contribution in [1.29, 1.82) is 0 Å². The summed E-state index contributed by atoms with van der Waals surface area (Å²) in [6.07, 6.45) is 0. The molecule has 1 N–H and O–H groups in total. The van der Waals surface area contributed by atoms with Crippen molar-refractivity contribution in [2.24, 2.45) is 0 Å². The van der Waals surface area contributed by atoms with Gasteiger partial charge in [-0.1, -0.05) is 22.9 Å². The number of aliphatic hydroxyl groups is 1. The van der Waals surface area contributed by atoms with Crippen LogP contribution in [0.15, 0.2) is 18.2 Å². The third kappa shape index (κ3) is 2.27. The van der Waals surface area contributed by atoms with E-state index in [2.05, 4.69) is 16.4 Å². The first-order valence-electron chi connectivity index (χ1n) is 5.78. The van der Waals surface area contributed by atoms with Crippen molar-refractivity contribution in [3.63, 3.8) is 0 Å². The normalized spacial score (nSPS) is 10.9. The van der Waals surface area contributed by atoms with Gasteiger partial charge in [0.05, 0.1) is 24.6 Å². The largest absolute Gasteiger partial charge is 0.390 e. The molecule has 0 radical (unpaired) electrons. The van der Waals surface area contributed by atoms with E-state index in [4.69, 9.17) is 4.74 Å². The van der Waals surface area contributed by atoms with E-state index < -0.39 is 0 Å². The van der Waals surface area contributed by atoms with Crippen molar-refractivity contribution in [1.82, 2.24) is 15.0 Å². The van der Waals surface area contributed by atoms with Crippen LogP contribution >= 0.6 is 0 Å². The number of methoxy groups -OCH3 is 1. The van der Waals surface area contributed by atoms with Crippen molar-refractivity contribution < 1.29 is 9.84 Å². The quantitative estimate of drug-likeness (QED) is 0.890. The second kappa shape index (κ2) is 5.29. The van der Waals surface area contributed by atoms with Gasteiger partial charge in [0.25, 0.3) is 0 Å². The van der Waals surface area contributed by atoms with Crippen molar-refractivity contribution in [3.8, 4) is 5.69 Å². The monoisotopic (exact) mass is 247 g/mol. The molecular weight excluding hydrogens is 230 g/mol. The Morgan fingerprint density at radius 3 is 2.72 bits per heavy atom. The molecule has 1 aromatic heterocycles. The number of rotatable bonds is 4. The van der Waals surface area contributed by atoms with Crippen molar-refractivity contribution in [2.75, 3.05) is 7.11 Å². The fourth-order valence-electron chi connectivity index (χ4n) is 1.97. The third-order valence-electron chi connectivity index (χ3n) is 2.85. The smallest absolute Gasteiger partial charge is 0.114 e. The first kappa shape index (κ1) is 12.7. The molecule has 5 heteroatoms. The van der Waals surface area contributed by atoms with Crippen LogP contribution in [0.4, 0.5) is 0 Å².